The second kappa shape index (κ2) is 5.95. The van der Waals surface area contributed by atoms with E-state index in [1.807, 2.05) is 32.0 Å². The van der Waals surface area contributed by atoms with Crippen LogP contribution in [0.2, 0.25) is 0 Å². The fourth-order valence-electron chi connectivity index (χ4n) is 1.67. The van der Waals surface area contributed by atoms with E-state index in [9.17, 15) is 9.90 Å². The van der Waals surface area contributed by atoms with Crippen molar-refractivity contribution in [3.05, 3.63) is 46.5 Å². The van der Waals surface area contributed by atoms with Gasteiger partial charge in [0.25, 0.3) is 0 Å². The Balaban J connectivity index is 1.94. The van der Waals surface area contributed by atoms with Crippen molar-refractivity contribution in [1.82, 2.24) is 4.98 Å². The third-order valence-electron chi connectivity index (χ3n) is 2.84. The van der Waals surface area contributed by atoms with E-state index in [0.29, 0.717) is 5.13 Å². The van der Waals surface area contributed by atoms with E-state index in [2.05, 4.69) is 10.3 Å². The first-order valence-electron chi connectivity index (χ1n) is 6.03. The monoisotopic (exact) mass is 276 g/mol. The molecule has 2 rings (SSSR count). The predicted octanol–water partition coefficient (Wildman–Crippen LogP) is 2.82. The average Bonchev–Trinajstić information content (AvgIpc) is 2.69. The van der Waals surface area contributed by atoms with Crippen LogP contribution in [0.1, 0.15) is 28.7 Å². The summed E-state index contributed by atoms with van der Waals surface area (Å²) >= 11 is 1.44. The van der Waals surface area contributed by atoms with Gasteiger partial charge in [0.1, 0.15) is 0 Å². The molecular formula is C14H16N2O2S. The summed E-state index contributed by atoms with van der Waals surface area (Å²) in [5.74, 6) is -0.231. The molecule has 0 saturated heterocycles. The lowest BCUT2D eigenvalue weighted by molar-refractivity contribution is -0.118. The van der Waals surface area contributed by atoms with Crippen LogP contribution in [0, 0.1) is 13.8 Å². The average molecular weight is 276 g/mol. The van der Waals surface area contributed by atoms with Crippen LogP contribution in [0.15, 0.2) is 30.3 Å². The number of aliphatic hydroxyl groups is 1. The number of nitrogens with zero attached hydrogens (tertiary/aromatic N) is 1. The highest BCUT2D eigenvalue weighted by Crippen LogP contribution is 2.22. The van der Waals surface area contributed by atoms with Crippen LogP contribution in [0.5, 0.6) is 0 Å². The van der Waals surface area contributed by atoms with E-state index in [1.54, 1.807) is 12.1 Å². The second-order valence-corrected chi connectivity index (χ2v) is 5.54. The van der Waals surface area contributed by atoms with E-state index in [0.717, 1.165) is 16.1 Å². The Kier molecular flexibility index (Phi) is 4.29. The Hall–Kier alpha value is -1.72. The van der Waals surface area contributed by atoms with Gasteiger partial charge in [-0.05, 0) is 19.4 Å². The summed E-state index contributed by atoms with van der Waals surface area (Å²) in [6, 6.07) is 9.15. The van der Waals surface area contributed by atoms with Gasteiger partial charge in [-0.1, -0.05) is 30.3 Å². The molecule has 0 bridgehead atoms. The second-order valence-electron chi connectivity index (χ2n) is 4.34. The smallest absolute Gasteiger partial charge is 0.229 e. The molecule has 5 heteroatoms. The zero-order chi connectivity index (χ0) is 13.8. The maximum Gasteiger partial charge on any atom is 0.229 e. The first kappa shape index (κ1) is 13.7. The minimum absolute atomic E-state index is 0.0295. The van der Waals surface area contributed by atoms with Gasteiger partial charge in [0.05, 0.1) is 18.2 Å². The highest BCUT2D eigenvalue weighted by Gasteiger charge is 2.14. The van der Waals surface area contributed by atoms with Crippen molar-refractivity contribution in [3.63, 3.8) is 0 Å². The van der Waals surface area contributed by atoms with Crippen LogP contribution in [0.4, 0.5) is 5.13 Å². The minimum Gasteiger partial charge on any atom is -0.388 e. The lowest BCUT2D eigenvalue weighted by atomic mass is 10.1. The number of anilines is 1. The van der Waals surface area contributed by atoms with Crippen LogP contribution < -0.4 is 5.32 Å². The molecule has 2 N–H and O–H groups in total. The zero-order valence-corrected chi connectivity index (χ0v) is 11.7. The summed E-state index contributed by atoms with van der Waals surface area (Å²) in [6.45, 7) is 3.86. The van der Waals surface area contributed by atoms with Gasteiger partial charge in [0.2, 0.25) is 5.91 Å². The van der Waals surface area contributed by atoms with Crippen molar-refractivity contribution in [3.8, 4) is 0 Å². The van der Waals surface area contributed by atoms with Gasteiger partial charge in [-0.3, -0.25) is 4.79 Å². The quantitative estimate of drug-likeness (QED) is 0.902. The molecule has 0 aliphatic heterocycles. The molecule has 0 saturated carbocycles. The maximum atomic E-state index is 11.8. The molecule has 2 aromatic rings. The fourth-order valence-corrected chi connectivity index (χ4v) is 2.50. The third-order valence-corrected chi connectivity index (χ3v) is 3.83. The molecule has 100 valence electrons. The van der Waals surface area contributed by atoms with Crippen LogP contribution >= 0.6 is 11.3 Å². The van der Waals surface area contributed by atoms with Crippen molar-refractivity contribution in [1.29, 1.82) is 0 Å². The Bertz CT molecular complexity index is 547. The number of nitrogens with one attached hydrogen (secondary N) is 1. The van der Waals surface area contributed by atoms with Gasteiger partial charge in [-0.15, -0.1) is 11.3 Å². The van der Waals surface area contributed by atoms with Crippen molar-refractivity contribution < 1.29 is 9.90 Å². The Morgan fingerprint density at radius 1 is 1.37 bits per heavy atom. The fraction of sp³-hybridized carbons (Fsp3) is 0.286. The topological polar surface area (TPSA) is 62.2 Å². The van der Waals surface area contributed by atoms with Gasteiger partial charge >= 0.3 is 0 Å². The first-order valence-corrected chi connectivity index (χ1v) is 6.85. The van der Waals surface area contributed by atoms with Crippen LogP contribution in [-0.2, 0) is 4.79 Å². The van der Waals surface area contributed by atoms with Crippen molar-refractivity contribution in [2.24, 2.45) is 0 Å². The Labute approximate surface area is 116 Å². The van der Waals surface area contributed by atoms with Crippen LogP contribution in [-0.4, -0.2) is 16.0 Å². The van der Waals surface area contributed by atoms with Gasteiger partial charge in [0, 0.05) is 4.88 Å². The number of carbonyl (C=O) groups excluding carboxylic acids is 1. The number of rotatable bonds is 4. The number of amides is 1. The lowest BCUT2D eigenvalue weighted by Crippen LogP contribution is -2.15. The molecule has 1 unspecified atom stereocenters. The molecule has 1 amide bonds. The molecule has 19 heavy (non-hydrogen) atoms. The van der Waals surface area contributed by atoms with E-state index in [4.69, 9.17) is 0 Å². The number of hydrogen-bond acceptors (Lipinski definition) is 4. The molecule has 0 aliphatic rings. The van der Waals surface area contributed by atoms with Crippen LogP contribution in [0.3, 0.4) is 0 Å². The van der Waals surface area contributed by atoms with E-state index in [-0.39, 0.29) is 12.3 Å². The molecule has 4 nitrogen and oxygen atoms in total. The molecule has 0 radical (unpaired) electrons. The summed E-state index contributed by atoms with van der Waals surface area (Å²) in [4.78, 5) is 17.1. The summed E-state index contributed by atoms with van der Waals surface area (Å²) in [7, 11) is 0. The molecule has 1 aromatic carbocycles. The SMILES string of the molecule is Cc1nc(NC(=O)CC(O)c2ccccc2)sc1C. The molecule has 1 atom stereocenters. The molecule has 1 heterocycles. The summed E-state index contributed by atoms with van der Waals surface area (Å²) in [5.41, 5.74) is 1.66. The van der Waals surface area contributed by atoms with E-state index in [1.165, 1.54) is 11.3 Å². The minimum atomic E-state index is -0.789. The summed E-state index contributed by atoms with van der Waals surface area (Å²) in [5, 5.41) is 13.2. The van der Waals surface area contributed by atoms with Gasteiger partial charge in [-0.25, -0.2) is 4.98 Å². The molecular weight excluding hydrogens is 260 g/mol. The van der Waals surface area contributed by atoms with Crippen LogP contribution in [0.25, 0.3) is 0 Å². The Morgan fingerprint density at radius 2 is 2.05 bits per heavy atom. The number of benzene rings is 1. The maximum absolute atomic E-state index is 11.8. The number of aryl methyl sites for hydroxylation is 2. The van der Waals surface area contributed by atoms with Gasteiger partial charge in [-0.2, -0.15) is 0 Å². The molecule has 0 aliphatic carbocycles. The number of hydrogen-bond donors (Lipinski definition) is 2. The number of thiazole rings is 1. The molecule has 0 fully saturated rings. The first-order chi connectivity index (χ1) is 9.06. The predicted molar refractivity (Wildman–Crippen MR) is 76.2 cm³/mol. The van der Waals surface area contributed by atoms with E-state index >= 15 is 0 Å². The molecule has 1 aromatic heterocycles. The van der Waals surface area contributed by atoms with E-state index < -0.39 is 6.10 Å². The van der Waals surface area contributed by atoms with Gasteiger partial charge in [0.15, 0.2) is 5.13 Å². The normalized spacial score (nSPS) is 12.2. The van der Waals surface area contributed by atoms with Crippen molar-refractivity contribution in [2.75, 3.05) is 5.32 Å². The number of aromatic nitrogens is 1. The number of aliphatic hydroxyl groups excluding tert-OH is 1. The summed E-state index contributed by atoms with van der Waals surface area (Å²) in [6.07, 6.45) is -0.759. The standard InChI is InChI=1S/C14H16N2O2S/c1-9-10(2)19-14(15-9)16-13(18)8-12(17)11-6-4-3-5-7-11/h3-7,12,17H,8H2,1-2H3,(H,15,16,18). The lowest BCUT2D eigenvalue weighted by Gasteiger charge is -2.09. The highest BCUT2D eigenvalue weighted by atomic mass is 32.1. The zero-order valence-electron chi connectivity index (χ0n) is 10.9. The Morgan fingerprint density at radius 3 is 2.63 bits per heavy atom. The largest absolute Gasteiger partial charge is 0.388 e. The van der Waals surface area contributed by atoms with Crippen molar-refractivity contribution >= 4 is 22.4 Å². The number of carbonyl (C=O) groups is 1. The molecule has 0 spiro atoms. The summed E-state index contributed by atoms with van der Waals surface area (Å²) < 4.78 is 0. The highest BCUT2D eigenvalue weighted by molar-refractivity contribution is 7.15. The third kappa shape index (κ3) is 3.62. The van der Waals surface area contributed by atoms with Gasteiger partial charge < -0.3 is 10.4 Å². The van der Waals surface area contributed by atoms with Crippen molar-refractivity contribution in [2.45, 2.75) is 26.4 Å².